The Labute approximate surface area is 270 Å². The lowest BCUT2D eigenvalue weighted by Gasteiger charge is -2.36. The number of nitrogens with one attached hydrogen (secondary N) is 2. The number of hydrogen-bond donors (Lipinski definition) is 2. The van der Waals surface area contributed by atoms with Crippen LogP contribution in [0.3, 0.4) is 0 Å². The summed E-state index contributed by atoms with van der Waals surface area (Å²) < 4.78 is 42.4. The Morgan fingerprint density at radius 3 is 2.74 bits per heavy atom. The minimum atomic E-state index is -3.20. The number of esters is 1. The first-order valence-electron chi connectivity index (χ1n) is 16.4. The van der Waals surface area contributed by atoms with Crippen molar-refractivity contribution in [2.45, 2.75) is 77.5 Å². The van der Waals surface area contributed by atoms with E-state index in [-0.39, 0.29) is 30.8 Å². The molecule has 2 N–H and O–H groups in total. The molecule has 4 heterocycles. The van der Waals surface area contributed by atoms with E-state index in [0.717, 1.165) is 60.9 Å². The number of aryl methyl sites for hydroxylation is 1. The Morgan fingerprint density at radius 1 is 1.20 bits per heavy atom. The second-order valence-corrected chi connectivity index (χ2v) is 14.7. The van der Waals surface area contributed by atoms with Crippen LogP contribution in [0.4, 0.5) is 5.82 Å². The van der Waals surface area contributed by atoms with Gasteiger partial charge in [-0.2, -0.15) is 4.98 Å². The van der Waals surface area contributed by atoms with Gasteiger partial charge in [0.05, 0.1) is 37.7 Å². The fourth-order valence-electron chi connectivity index (χ4n) is 7.33. The van der Waals surface area contributed by atoms with Crippen LogP contribution in [0.1, 0.15) is 69.2 Å². The lowest BCUT2D eigenvalue weighted by molar-refractivity contribution is -0.405. The van der Waals surface area contributed by atoms with Gasteiger partial charge in [-0.05, 0) is 80.1 Å². The van der Waals surface area contributed by atoms with E-state index in [4.69, 9.17) is 9.47 Å². The molecule has 246 valence electrons. The van der Waals surface area contributed by atoms with E-state index in [1.54, 1.807) is 0 Å². The summed E-state index contributed by atoms with van der Waals surface area (Å²) in [5.74, 6) is 1.15. The van der Waals surface area contributed by atoms with Crippen molar-refractivity contribution in [1.29, 1.82) is 0 Å². The van der Waals surface area contributed by atoms with Gasteiger partial charge in [0.25, 0.3) is 0 Å². The number of nitrogens with zero attached hydrogens (tertiary/aromatic N) is 4. The molecule has 2 aliphatic rings. The van der Waals surface area contributed by atoms with Crippen LogP contribution in [-0.2, 0) is 49.5 Å². The second kappa shape index (κ2) is 13.2. The van der Waals surface area contributed by atoms with Crippen molar-refractivity contribution in [2.24, 2.45) is 11.8 Å². The predicted octanol–water partition coefficient (Wildman–Crippen LogP) is 4.94. The number of carbonyl (C=O) groups excluding carboxylic acids is 1. The molecule has 6 rings (SSSR count). The third kappa shape index (κ3) is 6.34. The van der Waals surface area contributed by atoms with Crippen LogP contribution < -0.4 is 4.72 Å². The van der Waals surface area contributed by atoms with Gasteiger partial charge in [-0.25, -0.2) is 17.7 Å². The van der Waals surface area contributed by atoms with Crippen molar-refractivity contribution in [3.05, 3.63) is 53.6 Å². The summed E-state index contributed by atoms with van der Waals surface area (Å²) in [6.07, 6.45) is 11.7. The molecule has 11 nitrogen and oxygen atoms in total. The SMILES string of the molecule is CCc1cccc2c3c([nH]c12)C(CC)(CC(=O)OCn1ccc2c(/[N+](C)=C\C4CCC(CS(=O)(=O)NC)CC4)ncnc21)OCC3. The topological polar surface area (TPSA) is 131 Å². The zero-order valence-electron chi connectivity index (χ0n) is 27.2. The van der Waals surface area contributed by atoms with E-state index in [1.165, 1.54) is 29.9 Å². The molecule has 3 aromatic heterocycles. The van der Waals surface area contributed by atoms with Gasteiger partial charge in [-0.15, -0.1) is 0 Å². The smallest absolute Gasteiger partial charge is 0.335 e. The normalized spacial score (nSPS) is 22.3. The molecule has 1 aliphatic heterocycles. The molecule has 4 aromatic rings. The minimum absolute atomic E-state index is 0.0328. The van der Waals surface area contributed by atoms with Crippen molar-refractivity contribution in [3.8, 4) is 0 Å². The van der Waals surface area contributed by atoms with Crippen LogP contribution in [0, 0.1) is 11.8 Å². The van der Waals surface area contributed by atoms with Gasteiger partial charge >= 0.3 is 11.8 Å². The van der Waals surface area contributed by atoms with Gasteiger partial charge < -0.3 is 14.5 Å². The Morgan fingerprint density at radius 2 is 2.00 bits per heavy atom. The van der Waals surface area contributed by atoms with Crippen LogP contribution in [0.25, 0.3) is 21.9 Å². The second-order valence-electron chi connectivity index (χ2n) is 12.7. The predicted molar refractivity (Wildman–Crippen MR) is 178 cm³/mol. The summed E-state index contributed by atoms with van der Waals surface area (Å²) in [6.45, 7) is 4.80. The first-order chi connectivity index (χ1) is 22.2. The average Bonchev–Trinajstić information content (AvgIpc) is 3.67. The zero-order chi connectivity index (χ0) is 32.5. The van der Waals surface area contributed by atoms with E-state index in [0.29, 0.717) is 24.6 Å². The molecule has 1 aliphatic carbocycles. The molecule has 0 amide bonds. The van der Waals surface area contributed by atoms with E-state index in [1.807, 2.05) is 28.5 Å². The molecule has 12 heteroatoms. The van der Waals surface area contributed by atoms with Gasteiger partial charge in [0, 0.05) is 23.0 Å². The maximum absolute atomic E-state index is 13.4. The van der Waals surface area contributed by atoms with Crippen LogP contribution >= 0.6 is 0 Å². The molecule has 1 fully saturated rings. The molecule has 1 aromatic carbocycles. The number of rotatable bonds is 11. The number of aromatic amines is 1. The highest BCUT2D eigenvalue weighted by atomic mass is 32.2. The fraction of sp³-hybridized carbons (Fsp3) is 0.529. The molecule has 1 atom stereocenters. The molecule has 1 saturated carbocycles. The number of fused-ring (bicyclic) bond motifs is 4. The highest BCUT2D eigenvalue weighted by molar-refractivity contribution is 7.89. The number of para-hydroxylation sites is 1. The van der Waals surface area contributed by atoms with Crippen molar-refractivity contribution in [3.63, 3.8) is 0 Å². The van der Waals surface area contributed by atoms with Crippen molar-refractivity contribution < 1.29 is 27.3 Å². The third-order valence-electron chi connectivity index (χ3n) is 9.92. The third-order valence-corrected chi connectivity index (χ3v) is 11.5. The van der Waals surface area contributed by atoms with Crippen LogP contribution in [0.15, 0.2) is 36.8 Å². The van der Waals surface area contributed by atoms with Crippen molar-refractivity contribution in [2.75, 3.05) is 26.5 Å². The summed E-state index contributed by atoms with van der Waals surface area (Å²) in [6, 6.07) is 8.35. The van der Waals surface area contributed by atoms with Crippen molar-refractivity contribution >= 4 is 50.0 Å². The average molecular weight is 650 g/mol. The summed E-state index contributed by atoms with van der Waals surface area (Å²) in [4.78, 5) is 26.1. The molecule has 0 bridgehead atoms. The molecular formula is C34H45N6O5S+. The van der Waals surface area contributed by atoms with E-state index in [2.05, 4.69) is 57.9 Å². The maximum atomic E-state index is 13.4. The quantitative estimate of drug-likeness (QED) is 0.134. The van der Waals surface area contributed by atoms with Crippen molar-refractivity contribution in [1.82, 2.24) is 24.2 Å². The number of ether oxygens (including phenoxy) is 2. The molecule has 0 radical (unpaired) electrons. The Balaban J connectivity index is 1.13. The van der Waals surface area contributed by atoms with Gasteiger partial charge in [0.1, 0.15) is 11.0 Å². The van der Waals surface area contributed by atoms with Crippen LogP contribution in [-0.4, -0.2) is 71.2 Å². The Bertz CT molecular complexity index is 1870. The lowest BCUT2D eigenvalue weighted by atomic mass is 9.83. The number of aromatic nitrogens is 4. The summed E-state index contributed by atoms with van der Waals surface area (Å²) >= 11 is 0. The van der Waals surface area contributed by atoms with E-state index >= 15 is 0 Å². The largest absolute Gasteiger partial charge is 0.444 e. The summed E-state index contributed by atoms with van der Waals surface area (Å²) in [5.41, 5.74) is 4.55. The van der Waals surface area contributed by atoms with E-state index < -0.39 is 15.6 Å². The Kier molecular flexibility index (Phi) is 9.31. The number of carbonyl (C=O) groups is 1. The molecule has 46 heavy (non-hydrogen) atoms. The van der Waals surface area contributed by atoms with E-state index in [9.17, 15) is 13.2 Å². The zero-order valence-corrected chi connectivity index (χ0v) is 28.0. The molecule has 0 spiro atoms. The monoisotopic (exact) mass is 649 g/mol. The number of H-pyrrole nitrogens is 1. The summed E-state index contributed by atoms with van der Waals surface area (Å²) in [5, 5.41) is 2.08. The van der Waals surface area contributed by atoms with Crippen LogP contribution in [0.5, 0.6) is 0 Å². The van der Waals surface area contributed by atoms with Gasteiger partial charge in [0.15, 0.2) is 12.4 Å². The maximum Gasteiger partial charge on any atom is 0.335 e. The number of benzene rings is 1. The van der Waals surface area contributed by atoms with Gasteiger partial charge in [-0.3, -0.25) is 9.36 Å². The summed E-state index contributed by atoms with van der Waals surface area (Å²) in [7, 11) is 0.254. The highest BCUT2D eigenvalue weighted by Gasteiger charge is 2.41. The highest BCUT2D eigenvalue weighted by Crippen LogP contribution is 2.42. The lowest BCUT2D eigenvalue weighted by Crippen LogP contribution is -2.37. The number of sulfonamides is 1. The molecule has 1 unspecified atom stereocenters. The molecular weight excluding hydrogens is 604 g/mol. The molecule has 0 saturated heterocycles. The Hall–Kier alpha value is -3.61. The minimum Gasteiger partial charge on any atom is -0.444 e. The first kappa shape index (κ1) is 32.3. The van der Waals surface area contributed by atoms with Crippen LogP contribution in [0.2, 0.25) is 0 Å². The number of hydrogen-bond acceptors (Lipinski definition) is 7. The standard InChI is InChI=1S/C34H45N6O5S/c1-5-25-8-7-9-26-27-15-17-45-34(6-2,31(27)38-30(25)26)18-29(41)44-22-40-16-14-28-32(36-21-37-33(28)40)39(4)19-23-10-12-24(13-11-23)20-46(42,43)35-3/h7-9,14,16,19,21,23-24,35,38H,5-6,10-13,15,17-18,20,22H2,1-4H3/q+1/b39-19-. The first-order valence-corrected chi connectivity index (χ1v) is 18.0. The van der Waals surface area contributed by atoms with Gasteiger partial charge in [-0.1, -0.05) is 32.0 Å². The fourth-order valence-corrected chi connectivity index (χ4v) is 8.45. The van der Waals surface area contributed by atoms with Gasteiger partial charge in [0.2, 0.25) is 16.4 Å².